The molecule has 0 amide bonds. The van der Waals surface area contributed by atoms with Gasteiger partial charge in [-0.1, -0.05) is 43.2 Å². The zero-order valence-corrected chi connectivity index (χ0v) is 24.1. The molecule has 1 atom stereocenters. The summed E-state index contributed by atoms with van der Waals surface area (Å²) in [5.41, 5.74) is 3.98. The number of rotatable bonds is 13. The molecule has 2 heterocycles. The van der Waals surface area contributed by atoms with Gasteiger partial charge in [0.25, 0.3) is 0 Å². The summed E-state index contributed by atoms with van der Waals surface area (Å²) in [5.74, 6) is 0.611. The van der Waals surface area contributed by atoms with Crippen molar-refractivity contribution in [3.63, 3.8) is 0 Å². The van der Waals surface area contributed by atoms with Crippen LogP contribution in [-0.2, 0) is 26.0 Å². The van der Waals surface area contributed by atoms with Gasteiger partial charge in [-0.15, -0.1) is 0 Å². The van der Waals surface area contributed by atoms with Crippen LogP contribution >= 0.6 is 0 Å². The van der Waals surface area contributed by atoms with E-state index in [9.17, 15) is 8.42 Å². The van der Waals surface area contributed by atoms with Crippen molar-refractivity contribution in [3.8, 4) is 17.0 Å². The van der Waals surface area contributed by atoms with Gasteiger partial charge in [0, 0.05) is 56.8 Å². The van der Waals surface area contributed by atoms with Gasteiger partial charge in [0.1, 0.15) is 5.75 Å². The average Bonchev–Trinajstić information content (AvgIpc) is 3.30. The Hall–Kier alpha value is -2.69. The number of hydrogen-bond donors (Lipinski definition) is 1. The molecular formula is C30H41N3O5S. The molecule has 4 rings (SSSR count). The number of hydrogen-bond acceptors (Lipinski definition) is 6. The second-order valence-electron chi connectivity index (χ2n) is 9.90. The van der Waals surface area contributed by atoms with Crippen molar-refractivity contribution in [1.29, 1.82) is 0 Å². The smallest absolute Gasteiger partial charge is 0.243 e. The normalized spacial score (nSPS) is 16.9. The van der Waals surface area contributed by atoms with Gasteiger partial charge in [-0.2, -0.15) is 4.31 Å². The maximum atomic E-state index is 13.6. The number of ether oxygens (including phenoxy) is 3. The fraction of sp³-hybridized carbons (Fsp3) is 0.467. The molecule has 1 aliphatic rings. The van der Waals surface area contributed by atoms with Crippen LogP contribution in [0.3, 0.4) is 0 Å². The molecule has 9 heteroatoms. The first kappa shape index (κ1) is 29.3. The molecule has 0 radical (unpaired) electrons. The Morgan fingerprint density at radius 3 is 2.36 bits per heavy atom. The lowest BCUT2D eigenvalue weighted by Gasteiger charge is -2.30. The number of nitrogens with zero attached hydrogens (tertiary/aromatic N) is 2. The van der Waals surface area contributed by atoms with E-state index in [4.69, 9.17) is 14.2 Å². The van der Waals surface area contributed by atoms with Crippen molar-refractivity contribution in [1.82, 2.24) is 14.2 Å². The van der Waals surface area contributed by atoms with Gasteiger partial charge in [-0.3, -0.25) is 4.90 Å². The van der Waals surface area contributed by atoms with Crippen LogP contribution in [0.4, 0.5) is 0 Å². The molecule has 1 aromatic heterocycles. The van der Waals surface area contributed by atoms with Crippen molar-refractivity contribution in [2.75, 3.05) is 54.2 Å². The molecule has 0 unspecified atom stereocenters. The number of likely N-dealkylation sites (tertiary alicyclic amines) is 1. The molecule has 1 aliphatic heterocycles. The Balaban J connectivity index is 1.60. The number of sulfonamides is 1. The number of aromatic amines is 1. The highest BCUT2D eigenvalue weighted by molar-refractivity contribution is 7.89. The minimum absolute atomic E-state index is 0.207. The van der Waals surface area contributed by atoms with Gasteiger partial charge in [-0.25, -0.2) is 8.42 Å². The zero-order chi connectivity index (χ0) is 27.7. The topological polar surface area (TPSA) is 84.1 Å². The highest BCUT2D eigenvalue weighted by Crippen LogP contribution is 2.35. The summed E-state index contributed by atoms with van der Waals surface area (Å²) in [4.78, 5) is 6.31. The highest BCUT2D eigenvalue weighted by atomic mass is 32.2. The molecule has 0 aliphatic carbocycles. The van der Waals surface area contributed by atoms with Gasteiger partial charge >= 0.3 is 0 Å². The van der Waals surface area contributed by atoms with E-state index in [1.54, 1.807) is 39.5 Å². The van der Waals surface area contributed by atoms with Gasteiger partial charge in [0.15, 0.2) is 0 Å². The maximum absolute atomic E-state index is 13.6. The summed E-state index contributed by atoms with van der Waals surface area (Å²) < 4.78 is 44.4. The Labute approximate surface area is 232 Å². The second-order valence-corrected chi connectivity index (χ2v) is 11.8. The number of benzene rings is 2. The summed E-state index contributed by atoms with van der Waals surface area (Å²) >= 11 is 0. The molecule has 39 heavy (non-hydrogen) atoms. The summed E-state index contributed by atoms with van der Waals surface area (Å²) in [5, 5.41) is 0. The summed E-state index contributed by atoms with van der Waals surface area (Å²) in [7, 11) is 0.953. The molecule has 1 N–H and O–H groups in total. The first-order valence-electron chi connectivity index (χ1n) is 13.6. The van der Waals surface area contributed by atoms with E-state index in [2.05, 4.69) is 46.3 Å². The predicted molar refractivity (Wildman–Crippen MR) is 153 cm³/mol. The number of H-pyrrole nitrogens is 1. The predicted octanol–water partition coefficient (Wildman–Crippen LogP) is 5.09. The Kier molecular flexibility index (Phi) is 10.6. The van der Waals surface area contributed by atoms with Crippen LogP contribution in [0.15, 0.2) is 65.6 Å². The van der Waals surface area contributed by atoms with E-state index in [0.717, 1.165) is 30.9 Å². The Morgan fingerprint density at radius 2 is 1.67 bits per heavy atom. The summed E-state index contributed by atoms with van der Waals surface area (Å²) in [6.07, 6.45) is 4.82. The highest BCUT2D eigenvalue weighted by Gasteiger charge is 2.26. The molecule has 0 spiro atoms. The van der Waals surface area contributed by atoms with E-state index in [0.29, 0.717) is 30.6 Å². The first-order valence-corrected chi connectivity index (χ1v) is 15.0. The first-order chi connectivity index (χ1) is 19.0. The Morgan fingerprint density at radius 1 is 0.923 bits per heavy atom. The zero-order valence-electron chi connectivity index (χ0n) is 23.3. The lowest BCUT2D eigenvalue weighted by molar-refractivity contribution is 0.150. The van der Waals surface area contributed by atoms with E-state index in [-0.39, 0.29) is 18.0 Å². The largest absolute Gasteiger partial charge is 0.496 e. The van der Waals surface area contributed by atoms with E-state index < -0.39 is 10.0 Å². The van der Waals surface area contributed by atoms with Gasteiger partial charge < -0.3 is 19.2 Å². The van der Waals surface area contributed by atoms with Crippen molar-refractivity contribution >= 4 is 10.0 Å². The number of aromatic nitrogens is 1. The molecule has 3 aromatic rings. The average molecular weight is 556 g/mol. The minimum Gasteiger partial charge on any atom is -0.496 e. The van der Waals surface area contributed by atoms with Crippen molar-refractivity contribution < 1.29 is 22.6 Å². The van der Waals surface area contributed by atoms with Gasteiger partial charge in [0.2, 0.25) is 10.0 Å². The molecule has 0 bridgehead atoms. The number of methoxy groups -OCH3 is 3. The lowest BCUT2D eigenvalue weighted by atomic mass is 10.0. The molecule has 212 valence electrons. The van der Waals surface area contributed by atoms with Crippen molar-refractivity contribution in [3.05, 3.63) is 71.9 Å². The van der Waals surface area contributed by atoms with Gasteiger partial charge in [0.05, 0.1) is 25.2 Å². The van der Waals surface area contributed by atoms with Crippen LogP contribution in [0.1, 0.15) is 43.0 Å². The third kappa shape index (κ3) is 7.29. The standard InChI is InChI=1S/C30H41N3O5S/c1-36-20-18-33(19-21-37-2)39(34,35)26-14-16-30(38-3)27(22-26)28-15-13-25(31-28)23-32-17-9-5-8-12-29(32)24-10-6-4-7-11-24/h4,6-7,10-11,13-16,22,29,31H,5,8-9,12,17-21,23H2,1-3H3/t29-/m1/s1. The molecule has 0 saturated carbocycles. The Bertz CT molecular complexity index is 1270. The summed E-state index contributed by atoms with van der Waals surface area (Å²) in [6, 6.07) is 20.2. The van der Waals surface area contributed by atoms with Crippen molar-refractivity contribution in [2.24, 2.45) is 0 Å². The van der Waals surface area contributed by atoms with Crippen LogP contribution in [0, 0.1) is 0 Å². The van der Waals surface area contributed by atoms with E-state index in [1.165, 1.54) is 29.1 Å². The van der Waals surface area contributed by atoms with Gasteiger partial charge in [-0.05, 0) is 55.3 Å². The van der Waals surface area contributed by atoms with Crippen LogP contribution in [-0.4, -0.2) is 76.8 Å². The molecule has 1 fully saturated rings. The lowest BCUT2D eigenvalue weighted by Crippen LogP contribution is -2.36. The minimum atomic E-state index is -3.76. The van der Waals surface area contributed by atoms with Crippen LogP contribution in [0.2, 0.25) is 0 Å². The SMILES string of the molecule is COCCN(CCOC)S(=O)(=O)c1ccc(OC)c(-c2ccc(CN3CCCCC[C@@H]3c3ccccc3)[nH]2)c1. The van der Waals surface area contributed by atoms with Crippen molar-refractivity contribution in [2.45, 2.75) is 43.2 Å². The molecular weight excluding hydrogens is 514 g/mol. The fourth-order valence-corrected chi connectivity index (χ4v) is 6.70. The second kappa shape index (κ2) is 14.1. The van der Waals surface area contributed by atoms with E-state index >= 15 is 0 Å². The quantitative estimate of drug-likeness (QED) is 0.316. The summed E-state index contributed by atoms with van der Waals surface area (Å²) in [6.45, 7) is 2.92. The molecule has 8 nitrogen and oxygen atoms in total. The maximum Gasteiger partial charge on any atom is 0.243 e. The van der Waals surface area contributed by atoms with E-state index in [1.807, 2.05) is 6.07 Å². The molecule has 2 aromatic carbocycles. The van der Waals surface area contributed by atoms with Crippen LogP contribution < -0.4 is 4.74 Å². The van der Waals surface area contributed by atoms with Crippen LogP contribution in [0.25, 0.3) is 11.3 Å². The van der Waals surface area contributed by atoms with Crippen LogP contribution in [0.5, 0.6) is 5.75 Å². The third-order valence-corrected chi connectivity index (χ3v) is 9.25. The number of nitrogens with one attached hydrogen (secondary N) is 1. The molecule has 1 saturated heterocycles. The monoisotopic (exact) mass is 555 g/mol. The third-order valence-electron chi connectivity index (χ3n) is 7.36. The fourth-order valence-electron chi connectivity index (χ4n) is 5.26.